The third kappa shape index (κ3) is 3.31. The van der Waals surface area contributed by atoms with E-state index in [0.29, 0.717) is 52.2 Å². The van der Waals surface area contributed by atoms with Crippen LogP contribution < -0.4 is 20.8 Å². The lowest BCUT2D eigenvalue weighted by Crippen LogP contribution is -2.24. The predicted octanol–water partition coefficient (Wildman–Crippen LogP) is 2.91. The molecule has 0 bridgehead atoms. The smallest absolute Gasteiger partial charge is 0.270 e. The number of carbonyl (C=O) groups excluding carboxylic acids is 1. The number of rotatable bonds is 6. The summed E-state index contributed by atoms with van der Waals surface area (Å²) in [6, 6.07) is 7.23. The van der Waals surface area contributed by atoms with E-state index in [1.807, 2.05) is 0 Å². The fourth-order valence-electron chi connectivity index (χ4n) is 3.92. The molecule has 2 N–H and O–H groups in total. The summed E-state index contributed by atoms with van der Waals surface area (Å²) < 4.78 is 12.2. The second-order valence-corrected chi connectivity index (χ2v) is 6.89. The highest BCUT2D eigenvalue weighted by Gasteiger charge is 2.34. The molecule has 0 fully saturated rings. The Morgan fingerprint density at radius 1 is 1.03 bits per heavy atom. The van der Waals surface area contributed by atoms with Gasteiger partial charge in [0.2, 0.25) is 0 Å². The first-order chi connectivity index (χ1) is 14.4. The van der Waals surface area contributed by atoms with Gasteiger partial charge in [-0.25, -0.2) is 0 Å². The number of non-ortho nitro benzene ring substituents is 1. The second-order valence-electron chi connectivity index (χ2n) is 6.89. The molecule has 31 heavy (non-hydrogen) atoms. The van der Waals surface area contributed by atoms with Crippen molar-refractivity contribution in [1.29, 1.82) is 0 Å². The highest BCUT2D eigenvalue weighted by atomic mass is 35.5. The van der Waals surface area contributed by atoms with E-state index in [0.717, 1.165) is 0 Å². The van der Waals surface area contributed by atoms with E-state index in [-0.39, 0.29) is 35.8 Å². The van der Waals surface area contributed by atoms with E-state index in [4.69, 9.17) is 15.2 Å². The number of pyridine rings is 1. The van der Waals surface area contributed by atoms with Crippen LogP contribution >= 0.6 is 12.4 Å². The summed E-state index contributed by atoms with van der Waals surface area (Å²) in [4.78, 5) is 37.3. The van der Waals surface area contributed by atoms with Crippen molar-refractivity contribution < 1.29 is 19.2 Å². The molecular weight excluding hydrogens is 426 g/mol. The summed E-state index contributed by atoms with van der Waals surface area (Å²) in [5.74, 6) is 0.549. The number of hydrogen-bond donors (Lipinski definition) is 1. The van der Waals surface area contributed by atoms with Crippen molar-refractivity contribution in [3.8, 4) is 22.8 Å². The van der Waals surface area contributed by atoms with Gasteiger partial charge in [-0.2, -0.15) is 0 Å². The van der Waals surface area contributed by atoms with Gasteiger partial charge in [0.15, 0.2) is 17.3 Å². The number of ketones is 1. The lowest BCUT2D eigenvalue weighted by Gasteiger charge is -2.15. The Hall–Kier alpha value is -3.43. The van der Waals surface area contributed by atoms with Gasteiger partial charge in [0, 0.05) is 35.2 Å². The maximum Gasteiger partial charge on any atom is 0.270 e. The molecule has 1 aliphatic rings. The summed E-state index contributed by atoms with van der Waals surface area (Å²) in [5, 5.41) is 11.7. The van der Waals surface area contributed by atoms with Crippen LogP contribution in [-0.4, -0.2) is 36.0 Å². The minimum absolute atomic E-state index is 0. The molecule has 0 amide bonds. The van der Waals surface area contributed by atoms with Gasteiger partial charge >= 0.3 is 0 Å². The van der Waals surface area contributed by atoms with Gasteiger partial charge in [0.05, 0.1) is 35.8 Å². The monoisotopic (exact) mass is 445 g/mol. The second kappa shape index (κ2) is 8.37. The normalized spacial score (nSPS) is 11.6. The average molecular weight is 446 g/mol. The summed E-state index contributed by atoms with van der Waals surface area (Å²) >= 11 is 0. The fraction of sp³-hybridized carbons (Fsp3) is 0.238. The first kappa shape index (κ1) is 22.3. The van der Waals surface area contributed by atoms with Crippen molar-refractivity contribution in [2.24, 2.45) is 5.73 Å². The number of benzene rings is 2. The fourth-order valence-corrected chi connectivity index (χ4v) is 3.92. The van der Waals surface area contributed by atoms with E-state index in [1.165, 1.54) is 37.0 Å². The first-order valence-corrected chi connectivity index (χ1v) is 9.29. The lowest BCUT2D eigenvalue weighted by atomic mass is 10.0. The van der Waals surface area contributed by atoms with Crippen LogP contribution in [0.3, 0.4) is 0 Å². The third-order valence-corrected chi connectivity index (χ3v) is 5.30. The zero-order valence-electron chi connectivity index (χ0n) is 16.8. The highest BCUT2D eigenvalue weighted by Crippen LogP contribution is 2.44. The van der Waals surface area contributed by atoms with Crippen molar-refractivity contribution in [2.75, 3.05) is 20.8 Å². The molecule has 4 rings (SSSR count). The molecular formula is C21H20ClN3O6. The molecule has 2 aromatic carbocycles. The largest absolute Gasteiger partial charge is 0.493 e. The summed E-state index contributed by atoms with van der Waals surface area (Å²) in [7, 11) is 2.96. The molecule has 1 aromatic heterocycles. The molecule has 1 aliphatic carbocycles. The Morgan fingerprint density at radius 2 is 1.68 bits per heavy atom. The number of nitro benzene ring substituents is 1. The molecule has 0 atom stereocenters. The van der Waals surface area contributed by atoms with E-state index < -0.39 is 10.5 Å². The minimum atomic E-state index is -0.567. The number of fused-ring (bicyclic) bond motifs is 5. The van der Waals surface area contributed by atoms with Crippen LogP contribution in [-0.2, 0) is 6.54 Å². The molecule has 0 saturated heterocycles. The molecule has 0 spiro atoms. The summed E-state index contributed by atoms with van der Waals surface area (Å²) in [6.45, 7) is 0.623. The first-order valence-electron chi connectivity index (χ1n) is 9.29. The molecule has 0 saturated carbocycles. The molecule has 0 radical (unpaired) electrons. The van der Waals surface area contributed by atoms with E-state index in [1.54, 1.807) is 12.1 Å². The van der Waals surface area contributed by atoms with E-state index >= 15 is 0 Å². The molecule has 10 heteroatoms. The van der Waals surface area contributed by atoms with Crippen molar-refractivity contribution >= 4 is 34.7 Å². The number of aromatic nitrogens is 1. The Morgan fingerprint density at radius 3 is 2.26 bits per heavy atom. The Bertz CT molecular complexity index is 1280. The Kier molecular flexibility index (Phi) is 6.01. The molecule has 0 unspecified atom stereocenters. The SMILES string of the molecule is COc1cc2c(cc1OC)-c1c(c3ccc([N+](=O)[O-])cc3c(=O)n1CCCN)C2=O.Cl. The maximum absolute atomic E-state index is 13.4. The van der Waals surface area contributed by atoms with Crippen molar-refractivity contribution in [2.45, 2.75) is 13.0 Å². The maximum atomic E-state index is 13.4. The van der Waals surface area contributed by atoms with Gasteiger partial charge in [-0.1, -0.05) is 0 Å². The number of carbonyl (C=O) groups is 1. The van der Waals surface area contributed by atoms with Gasteiger partial charge in [-0.3, -0.25) is 19.7 Å². The van der Waals surface area contributed by atoms with Gasteiger partial charge in [-0.05, 0) is 31.2 Å². The van der Waals surface area contributed by atoms with Gasteiger partial charge in [-0.15, -0.1) is 12.4 Å². The highest BCUT2D eigenvalue weighted by molar-refractivity contribution is 6.27. The van der Waals surface area contributed by atoms with Crippen LogP contribution in [0.1, 0.15) is 22.3 Å². The number of methoxy groups -OCH3 is 2. The molecule has 0 aliphatic heterocycles. The van der Waals surface area contributed by atoms with E-state index in [9.17, 15) is 19.7 Å². The number of halogens is 1. The van der Waals surface area contributed by atoms with Crippen LogP contribution in [0.25, 0.3) is 22.0 Å². The molecule has 1 heterocycles. The van der Waals surface area contributed by atoms with Crippen LogP contribution in [0.2, 0.25) is 0 Å². The van der Waals surface area contributed by atoms with Gasteiger partial charge < -0.3 is 19.8 Å². The lowest BCUT2D eigenvalue weighted by molar-refractivity contribution is -0.384. The van der Waals surface area contributed by atoms with Crippen LogP contribution in [0.5, 0.6) is 11.5 Å². The summed E-state index contributed by atoms with van der Waals surface area (Å²) in [6.07, 6.45) is 0.504. The number of nitro groups is 1. The number of ether oxygens (including phenoxy) is 2. The van der Waals surface area contributed by atoms with Gasteiger partial charge in [0.1, 0.15) is 0 Å². The molecule has 3 aromatic rings. The van der Waals surface area contributed by atoms with Crippen LogP contribution in [0, 0.1) is 10.1 Å². The van der Waals surface area contributed by atoms with Gasteiger partial charge in [0.25, 0.3) is 11.2 Å². The van der Waals surface area contributed by atoms with Crippen molar-refractivity contribution in [1.82, 2.24) is 4.57 Å². The Labute approximate surface area is 182 Å². The average Bonchev–Trinajstić information content (AvgIpc) is 3.04. The van der Waals surface area contributed by atoms with Crippen molar-refractivity contribution in [3.05, 3.63) is 61.9 Å². The van der Waals surface area contributed by atoms with E-state index in [2.05, 4.69) is 0 Å². The zero-order chi connectivity index (χ0) is 21.6. The zero-order valence-corrected chi connectivity index (χ0v) is 17.7. The number of hydrogen-bond acceptors (Lipinski definition) is 7. The molecule has 9 nitrogen and oxygen atoms in total. The molecule has 162 valence electrons. The standard InChI is InChI=1S/C21H19N3O6.ClH/c1-29-16-9-13-14(10-17(16)30-2)20(25)18-12-5-4-11(24(27)28)8-15(12)21(26)23(19(13)18)7-3-6-22;/h4-5,8-10H,3,6-7,22H2,1-2H3;1H. The minimum Gasteiger partial charge on any atom is -0.493 e. The van der Waals surface area contributed by atoms with Crippen LogP contribution in [0.4, 0.5) is 5.69 Å². The predicted molar refractivity (Wildman–Crippen MR) is 118 cm³/mol. The quantitative estimate of drug-likeness (QED) is 0.357. The topological polar surface area (TPSA) is 127 Å². The number of nitrogens with two attached hydrogens (primary N) is 1. The Balaban J connectivity index is 0.00000272. The summed E-state index contributed by atoms with van der Waals surface area (Å²) in [5.41, 5.74) is 6.77. The third-order valence-electron chi connectivity index (χ3n) is 5.30. The number of nitrogens with zero attached hydrogens (tertiary/aromatic N) is 2. The van der Waals surface area contributed by atoms with Crippen molar-refractivity contribution in [3.63, 3.8) is 0 Å². The van der Waals surface area contributed by atoms with Crippen LogP contribution in [0.15, 0.2) is 35.1 Å².